The van der Waals surface area contributed by atoms with Crippen molar-refractivity contribution in [2.45, 2.75) is 64.1 Å². The molecule has 0 saturated heterocycles. The maximum atomic E-state index is 13.0. The molecule has 1 aromatic rings. The van der Waals surface area contributed by atoms with Gasteiger partial charge in [0.2, 0.25) is 0 Å². The van der Waals surface area contributed by atoms with E-state index in [1.807, 2.05) is 38.1 Å². The molecule has 0 unspecified atom stereocenters. The Labute approximate surface area is 175 Å². The molecule has 1 aromatic carbocycles. The molecule has 0 radical (unpaired) electrons. The van der Waals surface area contributed by atoms with E-state index >= 15 is 0 Å². The Morgan fingerprint density at radius 2 is 1.83 bits per heavy atom. The molecule has 8 heteroatoms. The fourth-order valence-corrected chi connectivity index (χ4v) is 3.94. The van der Waals surface area contributed by atoms with E-state index in [9.17, 15) is 19.5 Å². The lowest BCUT2D eigenvalue weighted by atomic mass is 9.88. The molecule has 2 amide bonds. The first-order valence-electron chi connectivity index (χ1n) is 10.2. The molecular formula is C22H28N2O6. The Hall–Kier alpha value is -3.03. The number of hydrogen-bond acceptors (Lipinski definition) is 5. The fourth-order valence-electron chi connectivity index (χ4n) is 3.94. The van der Waals surface area contributed by atoms with Crippen LogP contribution in [-0.2, 0) is 20.9 Å². The summed E-state index contributed by atoms with van der Waals surface area (Å²) in [6, 6.07) is 7.53. The van der Waals surface area contributed by atoms with E-state index in [-0.39, 0.29) is 24.8 Å². The van der Waals surface area contributed by atoms with Crippen molar-refractivity contribution < 1.29 is 29.3 Å². The number of aliphatic hydroxyl groups excluding tert-OH is 1. The van der Waals surface area contributed by atoms with Crippen LogP contribution in [0.2, 0.25) is 0 Å². The van der Waals surface area contributed by atoms with Gasteiger partial charge in [-0.1, -0.05) is 12.1 Å². The smallest absolute Gasteiger partial charge is 0.322 e. The normalized spacial score (nSPS) is 19.1. The van der Waals surface area contributed by atoms with Crippen LogP contribution >= 0.6 is 0 Å². The van der Waals surface area contributed by atoms with Crippen LogP contribution < -0.4 is 10.1 Å². The number of aliphatic carboxylic acids is 1. The van der Waals surface area contributed by atoms with E-state index in [0.29, 0.717) is 0 Å². The van der Waals surface area contributed by atoms with E-state index in [1.165, 1.54) is 17.7 Å². The quantitative estimate of drug-likeness (QED) is 0.588. The van der Waals surface area contributed by atoms with Crippen molar-refractivity contribution in [1.82, 2.24) is 10.2 Å². The molecule has 8 nitrogen and oxygen atoms in total. The van der Waals surface area contributed by atoms with Crippen molar-refractivity contribution >= 4 is 17.8 Å². The van der Waals surface area contributed by atoms with E-state index in [2.05, 4.69) is 5.32 Å². The van der Waals surface area contributed by atoms with Crippen molar-refractivity contribution in [2.75, 3.05) is 6.54 Å². The van der Waals surface area contributed by atoms with Gasteiger partial charge in [-0.05, 0) is 57.2 Å². The molecule has 1 saturated carbocycles. The van der Waals surface area contributed by atoms with Crippen LogP contribution in [0.25, 0.3) is 0 Å². The molecule has 3 rings (SSSR count). The first-order chi connectivity index (χ1) is 14.2. The highest BCUT2D eigenvalue weighted by Crippen LogP contribution is 2.33. The lowest BCUT2D eigenvalue weighted by Crippen LogP contribution is -2.53. The monoisotopic (exact) mass is 416 g/mol. The lowest BCUT2D eigenvalue weighted by Gasteiger charge is -2.42. The van der Waals surface area contributed by atoms with Gasteiger partial charge >= 0.3 is 5.97 Å². The fraction of sp³-hybridized carbons (Fsp3) is 0.500. The number of carboxylic acids is 1. The largest absolute Gasteiger partial charge is 0.511 e. The minimum atomic E-state index is -1.23. The molecule has 1 heterocycles. The van der Waals surface area contributed by atoms with Gasteiger partial charge in [-0.25, -0.2) is 0 Å². The van der Waals surface area contributed by atoms with Crippen molar-refractivity contribution in [3.8, 4) is 5.75 Å². The predicted molar refractivity (Wildman–Crippen MR) is 109 cm³/mol. The maximum Gasteiger partial charge on any atom is 0.322 e. The molecule has 1 fully saturated rings. The molecule has 3 N–H and O–H groups in total. The number of nitrogens with zero attached hydrogens (tertiary/aromatic N) is 1. The van der Waals surface area contributed by atoms with Crippen LogP contribution in [0.4, 0.5) is 0 Å². The molecule has 162 valence electrons. The van der Waals surface area contributed by atoms with Gasteiger partial charge in [-0.3, -0.25) is 14.4 Å². The van der Waals surface area contributed by atoms with Gasteiger partial charge in [0, 0.05) is 18.5 Å². The maximum absolute atomic E-state index is 13.0. The summed E-state index contributed by atoms with van der Waals surface area (Å²) in [4.78, 5) is 37.5. The third kappa shape index (κ3) is 4.93. The Bertz CT molecular complexity index is 853. The Balaban J connectivity index is 1.73. The van der Waals surface area contributed by atoms with E-state index < -0.39 is 35.4 Å². The summed E-state index contributed by atoms with van der Waals surface area (Å²) in [6.45, 7) is 3.24. The van der Waals surface area contributed by atoms with Gasteiger partial charge in [0.1, 0.15) is 23.6 Å². The van der Waals surface area contributed by atoms with E-state index in [1.54, 1.807) is 0 Å². The van der Waals surface area contributed by atoms with Gasteiger partial charge in [-0.15, -0.1) is 0 Å². The van der Waals surface area contributed by atoms with Gasteiger partial charge in [0.15, 0.2) is 0 Å². The summed E-state index contributed by atoms with van der Waals surface area (Å²) < 4.78 is 5.97. The molecule has 1 aliphatic carbocycles. The minimum Gasteiger partial charge on any atom is -0.511 e. The second-order valence-corrected chi connectivity index (χ2v) is 8.45. The van der Waals surface area contributed by atoms with Crippen LogP contribution in [0.1, 0.15) is 51.5 Å². The summed E-state index contributed by atoms with van der Waals surface area (Å²) in [5, 5.41) is 21.2. The summed E-state index contributed by atoms with van der Waals surface area (Å²) >= 11 is 0. The number of carboxylic acid groups (broad SMARTS) is 1. The van der Waals surface area contributed by atoms with Crippen molar-refractivity contribution in [2.24, 2.45) is 0 Å². The number of hydrogen-bond donors (Lipinski definition) is 3. The van der Waals surface area contributed by atoms with Gasteiger partial charge in [-0.2, -0.15) is 0 Å². The van der Waals surface area contributed by atoms with Crippen LogP contribution in [0.5, 0.6) is 5.75 Å². The second-order valence-electron chi connectivity index (χ2n) is 8.45. The molecule has 0 bridgehead atoms. The third-order valence-corrected chi connectivity index (χ3v) is 5.57. The molecule has 0 aromatic heterocycles. The zero-order valence-electron chi connectivity index (χ0n) is 17.3. The van der Waals surface area contributed by atoms with E-state index in [0.717, 1.165) is 24.2 Å². The number of carbonyl (C=O) groups excluding carboxylic acids is 2. The Morgan fingerprint density at radius 1 is 1.20 bits per heavy atom. The van der Waals surface area contributed by atoms with Crippen molar-refractivity contribution in [3.63, 3.8) is 0 Å². The molecular weight excluding hydrogens is 388 g/mol. The Morgan fingerprint density at radius 3 is 2.43 bits per heavy atom. The minimum absolute atomic E-state index is 0.0947. The zero-order valence-corrected chi connectivity index (χ0v) is 17.3. The van der Waals surface area contributed by atoms with Crippen LogP contribution in [0, 0.1) is 0 Å². The van der Waals surface area contributed by atoms with Crippen LogP contribution in [-0.4, -0.2) is 51.1 Å². The number of nitrogens with one attached hydrogen (secondary N) is 1. The summed E-state index contributed by atoms with van der Waals surface area (Å²) in [5.74, 6) is -2.28. The van der Waals surface area contributed by atoms with Crippen molar-refractivity contribution in [1.29, 1.82) is 0 Å². The topological polar surface area (TPSA) is 116 Å². The number of ether oxygens (including phenoxy) is 1. The number of amides is 2. The average molecular weight is 416 g/mol. The first kappa shape index (κ1) is 21.7. The molecule has 2 aliphatic rings. The number of carbonyl (C=O) groups is 3. The first-order valence-corrected chi connectivity index (χ1v) is 10.2. The van der Waals surface area contributed by atoms with Gasteiger partial charge < -0.3 is 25.2 Å². The SMILES string of the molecule is CC1(C)CC(O)=C(C(=O)NCC(=O)O)C(=O)N1Cc1ccc(OC2CCCC2)cc1. The summed E-state index contributed by atoms with van der Waals surface area (Å²) in [7, 11) is 0. The highest BCUT2D eigenvalue weighted by molar-refractivity contribution is 6.19. The second kappa shape index (κ2) is 8.77. The summed E-state index contributed by atoms with van der Waals surface area (Å²) in [5.41, 5.74) is -0.254. The van der Waals surface area contributed by atoms with Gasteiger partial charge in [0.05, 0.1) is 6.10 Å². The molecule has 0 atom stereocenters. The van der Waals surface area contributed by atoms with E-state index in [4.69, 9.17) is 9.84 Å². The Kier molecular flexibility index (Phi) is 6.34. The highest BCUT2D eigenvalue weighted by Gasteiger charge is 2.42. The van der Waals surface area contributed by atoms with Crippen LogP contribution in [0.3, 0.4) is 0 Å². The molecule has 0 spiro atoms. The van der Waals surface area contributed by atoms with Gasteiger partial charge in [0.25, 0.3) is 11.8 Å². The third-order valence-electron chi connectivity index (χ3n) is 5.57. The number of rotatable bonds is 7. The highest BCUT2D eigenvalue weighted by atomic mass is 16.5. The lowest BCUT2D eigenvalue weighted by molar-refractivity contribution is -0.140. The zero-order chi connectivity index (χ0) is 21.9. The van der Waals surface area contributed by atoms with Crippen LogP contribution in [0.15, 0.2) is 35.6 Å². The molecule has 30 heavy (non-hydrogen) atoms. The van der Waals surface area contributed by atoms with Crippen molar-refractivity contribution in [3.05, 3.63) is 41.2 Å². The molecule has 1 aliphatic heterocycles. The number of benzene rings is 1. The average Bonchev–Trinajstić information content (AvgIpc) is 3.17. The standard InChI is InChI=1S/C22H28N2O6/c1-22(2)11-17(25)19(20(28)23-12-18(26)27)21(29)24(22)13-14-7-9-16(10-8-14)30-15-5-3-4-6-15/h7-10,15,25H,3-6,11-13H2,1-2H3,(H,23,28)(H,26,27). The predicted octanol–water partition coefficient (Wildman–Crippen LogP) is 2.53. The number of aliphatic hydroxyl groups is 1. The summed E-state index contributed by atoms with van der Waals surface area (Å²) in [6.07, 6.45) is 4.88.